The molecule has 0 aromatic heterocycles. The standard InChI is InChI=1S/2C9H11.C2H4.CH4.Zr/c2*1-2-5-9-7-3-6-8(9)4-1;1-2;;/h2*1-2,4-6,8-9H,3,7H2;1-2H2;1H4;. The monoisotopic (exact) mass is 372 g/mol. The second kappa shape index (κ2) is 5.73. The SMILES string of the molecule is C.C1=CC2CC[CH]([Zr]3([CH]4CCC5C=CC=CC54)[CH2][CH2]3)C2C=C1. The van der Waals surface area contributed by atoms with Gasteiger partial charge in [0.2, 0.25) is 0 Å². The first-order valence-electron chi connectivity index (χ1n) is 9.08. The predicted octanol–water partition coefficient (Wildman–Crippen LogP) is 6.51. The number of hydrogen-bond acceptors (Lipinski definition) is 0. The Labute approximate surface area is 140 Å². The van der Waals surface area contributed by atoms with Crippen molar-refractivity contribution >= 4 is 0 Å². The minimum absolute atomic E-state index is 0. The van der Waals surface area contributed by atoms with E-state index < -0.39 is 20.3 Å². The summed E-state index contributed by atoms with van der Waals surface area (Å²) >= 11 is -1.84. The quantitative estimate of drug-likeness (QED) is 0.517. The van der Waals surface area contributed by atoms with Gasteiger partial charge in [0, 0.05) is 0 Å². The van der Waals surface area contributed by atoms with E-state index in [1.807, 2.05) is 0 Å². The van der Waals surface area contributed by atoms with Crippen LogP contribution in [0.4, 0.5) is 0 Å². The van der Waals surface area contributed by atoms with Gasteiger partial charge >= 0.3 is 134 Å². The average Bonchev–Trinajstić information content (AvgIpc) is 3.03. The second-order valence-electron chi connectivity index (χ2n) is 8.12. The van der Waals surface area contributed by atoms with Gasteiger partial charge < -0.3 is 0 Å². The van der Waals surface area contributed by atoms with Crippen LogP contribution in [0.3, 0.4) is 0 Å². The van der Waals surface area contributed by atoms with E-state index in [1.165, 1.54) is 20.1 Å². The molecule has 5 aliphatic rings. The van der Waals surface area contributed by atoms with Gasteiger partial charge in [0.15, 0.2) is 0 Å². The van der Waals surface area contributed by atoms with Crippen LogP contribution >= 0.6 is 0 Å². The molecule has 0 spiro atoms. The Hall–Kier alpha value is -0.157. The summed E-state index contributed by atoms with van der Waals surface area (Å²) in [5, 5.41) is 0. The zero-order valence-electron chi connectivity index (χ0n) is 12.8. The van der Waals surface area contributed by atoms with Crippen molar-refractivity contribution in [3.05, 3.63) is 48.6 Å². The van der Waals surface area contributed by atoms with Gasteiger partial charge in [-0.05, 0) is 0 Å². The topological polar surface area (TPSA) is 0 Å². The van der Waals surface area contributed by atoms with Crippen LogP contribution < -0.4 is 0 Å². The molecule has 118 valence electrons. The molecule has 0 aromatic rings. The van der Waals surface area contributed by atoms with Crippen molar-refractivity contribution in [2.75, 3.05) is 0 Å². The third-order valence-corrected chi connectivity index (χ3v) is 22.1. The fourth-order valence-electron chi connectivity index (χ4n) is 6.41. The Morgan fingerprint density at radius 1 is 0.591 bits per heavy atom. The van der Waals surface area contributed by atoms with Gasteiger partial charge in [-0.1, -0.05) is 7.43 Å². The first-order valence-corrected chi connectivity index (χ1v) is 15.4. The molecule has 0 nitrogen and oxygen atoms in total. The number of rotatable bonds is 2. The molecule has 1 aliphatic heterocycles. The number of hydrogen-bond donors (Lipinski definition) is 0. The third kappa shape index (κ3) is 2.18. The maximum absolute atomic E-state index is 2.60. The third-order valence-electron chi connectivity index (χ3n) is 7.45. The maximum atomic E-state index is 2.60. The predicted molar refractivity (Wildman–Crippen MR) is 92.8 cm³/mol. The Bertz CT molecular complexity index is 502. The first kappa shape index (κ1) is 15.4. The van der Waals surface area contributed by atoms with Gasteiger partial charge in [-0.3, -0.25) is 0 Å². The molecular formula is C21H30Zr. The summed E-state index contributed by atoms with van der Waals surface area (Å²) in [6.45, 7) is 0. The molecule has 2 saturated carbocycles. The zero-order valence-corrected chi connectivity index (χ0v) is 15.3. The molecule has 4 aliphatic carbocycles. The fraction of sp³-hybridized carbons (Fsp3) is 0.619. The van der Waals surface area contributed by atoms with Crippen LogP contribution in [0.5, 0.6) is 0 Å². The normalized spacial score (nSPS) is 46.2. The first-order chi connectivity index (χ1) is 10.4. The molecule has 0 amide bonds. The van der Waals surface area contributed by atoms with Crippen molar-refractivity contribution in [2.45, 2.75) is 48.6 Å². The Morgan fingerprint density at radius 2 is 1.05 bits per heavy atom. The van der Waals surface area contributed by atoms with Gasteiger partial charge in [0.05, 0.1) is 0 Å². The summed E-state index contributed by atoms with van der Waals surface area (Å²) in [6.07, 6.45) is 25.7. The van der Waals surface area contributed by atoms with Crippen LogP contribution in [0.25, 0.3) is 0 Å². The molecular weight excluding hydrogens is 343 g/mol. The Morgan fingerprint density at radius 3 is 1.50 bits per heavy atom. The van der Waals surface area contributed by atoms with Gasteiger partial charge in [-0.25, -0.2) is 0 Å². The van der Waals surface area contributed by atoms with Crippen LogP contribution in [-0.2, 0) is 20.3 Å². The zero-order chi connectivity index (χ0) is 13.9. The molecule has 1 heterocycles. The molecule has 0 aromatic carbocycles. The van der Waals surface area contributed by atoms with E-state index in [0.29, 0.717) is 0 Å². The van der Waals surface area contributed by atoms with Crippen LogP contribution in [0.2, 0.25) is 15.5 Å². The van der Waals surface area contributed by atoms with E-state index >= 15 is 0 Å². The van der Waals surface area contributed by atoms with Crippen LogP contribution in [0.15, 0.2) is 48.6 Å². The summed E-state index contributed by atoms with van der Waals surface area (Å²) in [6, 6.07) is 0. The van der Waals surface area contributed by atoms with E-state index in [0.717, 1.165) is 23.7 Å². The molecule has 3 fully saturated rings. The molecule has 22 heavy (non-hydrogen) atoms. The van der Waals surface area contributed by atoms with Gasteiger partial charge in [0.1, 0.15) is 0 Å². The molecule has 6 atom stereocenters. The molecule has 0 N–H and O–H groups in total. The fourth-order valence-corrected chi connectivity index (χ4v) is 25.5. The van der Waals surface area contributed by atoms with Crippen molar-refractivity contribution < 1.29 is 20.3 Å². The van der Waals surface area contributed by atoms with E-state index in [1.54, 1.807) is 21.1 Å². The van der Waals surface area contributed by atoms with Crippen molar-refractivity contribution in [2.24, 2.45) is 23.7 Å². The summed E-state index contributed by atoms with van der Waals surface area (Å²) in [5.74, 6) is 3.73. The van der Waals surface area contributed by atoms with Gasteiger partial charge in [-0.15, -0.1) is 0 Å². The molecule has 0 radical (unpaired) electrons. The molecule has 5 rings (SSSR count). The number of fused-ring (bicyclic) bond motifs is 2. The van der Waals surface area contributed by atoms with Crippen molar-refractivity contribution in [3.63, 3.8) is 0 Å². The Balaban J connectivity index is 0.00000125. The summed E-state index contributed by atoms with van der Waals surface area (Å²) < 4.78 is 5.83. The number of allylic oxidation sites excluding steroid dienone is 8. The molecule has 0 bridgehead atoms. The van der Waals surface area contributed by atoms with Crippen molar-refractivity contribution in [3.8, 4) is 0 Å². The van der Waals surface area contributed by atoms with Gasteiger partial charge in [0.25, 0.3) is 0 Å². The van der Waals surface area contributed by atoms with E-state index in [4.69, 9.17) is 0 Å². The van der Waals surface area contributed by atoms with Crippen LogP contribution in [-0.4, -0.2) is 0 Å². The summed E-state index contributed by atoms with van der Waals surface area (Å²) in [4.78, 5) is 0. The molecule has 1 saturated heterocycles. The minimum atomic E-state index is -1.84. The van der Waals surface area contributed by atoms with E-state index in [9.17, 15) is 0 Å². The summed E-state index contributed by atoms with van der Waals surface area (Å²) in [7, 11) is 0. The molecule has 1 heteroatoms. The molecule has 6 unspecified atom stereocenters. The van der Waals surface area contributed by atoms with Crippen LogP contribution in [0, 0.1) is 23.7 Å². The average molecular weight is 374 g/mol. The van der Waals surface area contributed by atoms with Gasteiger partial charge in [-0.2, -0.15) is 0 Å². The second-order valence-corrected chi connectivity index (χ2v) is 20.3. The van der Waals surface area contributed by atoms with Crippen LogP contribution in [0.1, 0.15) is 33.1 Å². The van der Waals surface area contributed by atoms with E-state index in [2.05, 4.69) is 48.6 Å². The van der Waals surface area contributed by atoms with Crippen molar-refractivity contribution in [1.82, 2.24) is 0 Å². The Kier molecular flexibility index (Phi) is 4.01. The van der Waals surface area contributed by atoms with E-state index in [-0.39, 0.29) is 7.43 Å². The van der Waals surface area contributed by atoms with Crippen molar-refractivity contribution in [1.29, 1.82) is 0 Å². The summed E-state index contributed by atoms with van der Waals surface area (Å²) in [5.41, 5.74) is 0.